The van der Waals surface area contributed by atoms with Gasteiger partial charge in [-0.2, -0.15) is 0 Å². The molecule has 0 N–H and O–H groups in total. The Morgan fingerprint density at radius 2 is 1.92 bits per heavy atom. The summed E-state index contributed by atoms with van der Waals surface area (Å²) in [6.07, 6.45) is 0. The van der Waals surface area contributed by atoms with Crippen molar-refractivity contribution in [1.82, 2.24) is 0 Å². The number of halogens is 1. The van der Waals surface area contributed by atoms with E-state index in [0.717, 1.165) is 5.75 Å². The quantitative estimate of drug-likeness (QED) is 0.602. The Kier molecular flexibility index (Phi) is 3.48. The minimum Gasteiger partial charge on any atom is -0.480 e. The van der Waals surface area contributed by atoms with Gasteiger partial charge in [-0.25, -0.2) is 0 Å². The lowest BCUT2D eigenvalue weighted by atomic mass is 10.1. The van der Waals surface area contributed by atoms with E-state index in [9.17, 15) is 4.79 Å². The van der Waals surface area contributed by atoms with Crippen LogP contribution < -0.4 is 4.74 Å². The van der Waals surface area contributed by atoms with E-state index >= 15 is 0 Å². The second kappa shape index (κ2) is 4.42. The summed E-state index contributed by atoms with van der Waals surface area (Å²) in [6.45, 7) is 3.43. The van der Waals surface area contributed by atoms with Crippen molar-refractivity contribution in [2.45, 2.75) is 18.9 Å². The van der Waals surface area contributed by atoms with Crippen LogP contribution in [-0.4, -0.2) is 10.8 Å². The SMILES string of the molecule is CC(=O)c1ccc(OC(C)Br)cc1. The van der Waals surface area contributed by atoms with Crippen molar-refractivity contribution in [3.05, 3.63) is 29.8 Å². The number of alkyl halides is 1. The van der Waals surface area contributed by atoms with E-state index in [1.807, 2.05) is 6.92 Å². The minimum atomic E-state index is -0.0179. The highest BCUT2D eigenvalue weighted by Crippen LogP contribution is 2.15. The van der Waals surface area contributed by atoms with Crippen molar-refractivity contribution in [3.63, 3.8) is 0 Å². The molecule has 1 aromatic rings. The molecule has 0 aliphatic rings. The molecule has 1 unspecified atom stereocenters. The lowest BCUT2D eigenvalue weighted by Crippen LogP contribution is -2.01. The van der Waals surface area contributed by atoms with Gasteiger partial charge in [0.1, 0.15) is 5.75 Å². The number of hydrogen-bond donors (Lipinski definition) is 0. The van der Waals surface area contributed by atoms with Crippen LogP contribution in [-0.2, 0) is 0 Å². The summed E-state index contributed by atoms with van der Waals surface area (Å²) in [5.41, 5.74) is 0.703. The summed E-state index contributed by atoms with van der Waals surface area (Å²) in [5.74, 6) is 0.827. The predicted molar refractivity (Wildman–Crippen MR) is 55.5 cm³/mol. The average Bonchev–Trinajstić information content (AvgIpc) is 2.04. The van der Waals surface area contributed by atoms with Crippen molar-refractivity contribution < 1.29 is 9.53 Å². The standard InChI is InChI=1S/C10H11BrO2/c1-7(12)9-3-5-10(6-4-9)13-8(2)11/h3-6,8H,1-2H3. The number of hydrogen-bond acceptors (Lipinski definition) is 2. The Morgan fingerprint density at radius 3 is 2.31 bits per heavy atom. The number of carbonyl (C=O) groups excluding carboxylic acids is 1. The molecule has 0 spiro atoms. The zero-order valence-electron chi connectivity index (χ0n) is 7.58. The van der Waals surface area contributed by atoms with Gasteiger partial charge in [-0.1, -0.05) is 0 Å². The molecule has 0 heterocycles. The summed E-state index contributed by atoms with van der Waals surface area (Å²) in [7, 11) is 0. The third-order valence-corrected chi connectivity index (χ3v) is 1.75. The molecule has 0 fully saturated rings. The number of carbonyl (C=O) groups is 1. The molecular weight excluding hydrogens is 232 g/mol. The van der Waals surface area contributed by atoms with Crippen LogP contribution in [0.15, 0.2) is 24.3 Å². The van der Waals surface area contributed by atoms with E-state index in [0.29, 0.717) is 5.56 Å². The molecule has 13 heavy (non-hydrogen) atoms. The molecule has 1 aromatic carbocycles. The van der Waals surface area contributed by atoms with Gasteiger partial charge >= 0.3 is 0 Å². The van der Waals surface area contributed by atoms with Crippen molar-refractivity contribution in [2.24, 2.45) is 0 Å². The molecule has 1 atom stereocenters. The van der Waals surface area contributed by atoms with Crippen LogP contribution in [0.3, 0.4) is 0 Å². The lowest BCUT2D eigenvalue weighted by Gasteiger charge is -2.07. The van der Waals surface area contributed by atoms with E-state index < -0.39 is 0 Å². The first kappa shape index (κ1) is 10.3. The van der Waals surface area contributed by atoms with Crippen molar-refractivity contribution >= 4 is 21.7 Å². The summed E-state index contributed by atoms with van der Waals surface area (Å²) in [4.78, 5) is 10.9. The largest absolute Gasteiger partial charge is 0.480 e. The monoisotopic (exact) mass is 242 g/mol. The van der Waals surface area contributed by atoms with Crippen LogP contribution in [0.4, 0.5) is 0 Å². The van der Waals surface area contributed by atoms with Gasteiger partial charge in [0.25, 0.3) is 0 Å². The van der Waals surface area contributed by atoms with Gasteiger partial charge in [0, 0.05) is 5.56 Å². The maximum atomic E-state index is 10.9. The van der Waals surface area contributed by atoms with Gasteiger partial charge < -0.3 is 4.74 Å². The second-order valence-electron chi connectivity index (χ2n) is 2.74. The molecule has 0 aliphatic carbocycles. The van der Waals surface area contributed by atoms with Crippen LogP contribution in [0.5, 0.6) is 5.75 Å². The van der Waals surface area contributed by atoms with Gasteiger partial charge in [-0.05, 0) is 54.0 Å². The first-order chi connectivity index (χ1) is 6.09. The molecule has 3 heteroatoms. The second-order valence-corrected chi connectivity index (χ2v) is 4.03. The van der Waals surface area contributed by atoms with E-state index in [4.69, 9.17) is 4.74 Å². The van der Waals surface area contributed by atoms with Crippen molar-refractivity contribution in [3.8, 4) is 5.75 Å². The van der Waals surface area contributed by atoms with E-state index in [1.165, 1.54) is 0 Å². The zero-order valence-corrected chi connectivity index (χ0v) is 9.17. The van der Waals surface area contributed by atoms with Gasteiger partial charge in [-0.15, -0.1) is 0 Å². The van der Waals surface area contributed by atoms with Gasteiger partial charge in [0.05, 0.1) is 0 Å². The fourth-order valence-corrected chi connectivity index (χ4v) is 1.17. The van der Waals surface area contributed by atoms with Crippen LogP contribution in [0, 0.1) is 0 Å². The topological polar surface area (TPSA) is 26.3 Å². The Morgan fingerprint density at radius 1 is 1.38 bits per heavy atom. The van der Waals surface area contributed by atoms with Crippen LogP contribution >= 0.6 is 15.9 Å². The molecule has 0 aliphatic heterocycles. The third kappa shape index (κ3) is 3.19. The number of ether oxygens (including phenoxy) is 1. The number of ketones is 1. The van der Waals surface area contributed by atoms with E-state index in [-0.39, 0.29) is 10.8 Å². The van der Waals surface area contributed by atoms with Gasteiger partial charge in [-0.3, -0.25) is 4.79 Å². The van der Waals surface area contributed by atoms with Crippen LogP contribution in [0.2, 0.25) is 0 Å². The summed E-state index contributed by atoms with van der Waals surface area (Å²) in [5, 5.41) is -0.0179. The first-order valence-electron chi connectivity index (χ1n) is 4.01. The maximum absolute atomic E-state index is 10.9. The molecular formula is C10H11BrO2. The minimum absolute atomic E-state index is 0.0179. The lowest BCUT2D eigenvalue weighted by molar-refractivity contribution is 0.101. The summed E-state index contributed by atoms with van der Waals surface area (Å²) in [6, 6.07) is 7.09. The molecule has 2 nitrogen and oxygen atoms in total. The molecule has 0 bridgehead atoms. The first-order valence-corrected chi connectivity index (χ1v) is 4.93. The fraction of sp³-hybridized carbons (Fsp3) is 0.300. The van der Waals surface area contributed by atoms with Crippen LogP contribution in [0.1, 0.15) is 24.2 Å². The van der Waals surface area contributed by atoms with E-state index in [2.05, 4.69) is 15.9 Å². The third-order valence-electron chi connectivity index (χ3n) is 1.56. The summed E-state index contributed by atoms with van der Waals surface area (Å²) >= 11 is 3.27. The number of rotatable bonds is 3. The summed E-state index contributed by atoms with van der Waals surface area (Å²) < 4.78 is 5.35. The van der Waals surface area contributed by atoms with Crippen molar-refractivity contribution in [2.75, 3.05) is 0 Å². The Bertz CT molecular complexity index is 290. The molecule has 0 saturated carbocycles. The molecule has 0 saturated heterocycles. The Balaban J connectivity index is 2.75. The smallest absolute Gasteiger partial charge is 0.159 e. The number of benzene rings is 1. The highest BCUT2D eigenvalue weighted by molar-refractivity contribution is 9.09. The molecule has 0 radical (unpaired) electrons. The zero-order chi connectivity index (χ0) is 9.84. The van der Waals surface area contributed by atoms with E-state index in [1.54, 1.807) is 31.2 Å². The Hall–Kier alpha value is -0.830. The maximum Gasteiger partial charge on any atom is 0.159 e. The van der Waals surface area contributed by atoms with Crippen molar-refractivity contribution in [1.29, 1.82) is 0 Å². The molecule has 0 amide bonds. The molecule has 70 valence electrons. The number of Topliss-reactive ketones (excluding diaryl/α,β-unsaturated/α-hetero) is 1. The normalized spacial score (nSPS) is 12.2. The Labute approximate surface area is 86.0 Å². The fourth-order valence-electron chi connectivity index (χ4n) is 0.956. The predicted octanol–water partition coefficient (Wildman–Crippen LogP) is 3.01. The highest BCUT2D eigenvalue weighted by atomic mass is 79.9. The van der Waals surface area contributed by atoms with Gasteiger partial charge in [0.2, 0.25) is 0 Å². The van der Waals surface area contributed by atoms with Gasteiger partial charge in [0.15, 0.2) is 10.8 Å². The highest BCUT2D eigenvalue weighted by Gasteiger charge is 2.00. The average molecular weight is 243 g/mol. The molecule has 0 aromatic heterocycles. The molecule has 1 rings (SSSR count). The van der Waals surface area contributed by atoms with Crippen LogP contribution in [0.25, 0.3) is 0 Å².